The molecule has 0 spiro atoms. The summed E-state index contributed by atoms with van der Waals surface area (Å²) >= 11 is 0. The van der Waals surface area contributed by atoms with Crippen LogP contribution in [0.15, 0.2) is 30.3 Å². The van der Waals surface area contributed by atoms with Gasteiger partial charge >= 0.3 is 0 Å². The normalized spacial score (nSPS) is 25.6. The lowest BCUT2D eigenvalue weighted by molar-refractivity contribution is 0.556. The second-order valence-corrected chi connectivity index (χ2v) is 4.58. The zero-order valence-electron chi connectivity index (χ0n) is 9.99. The topological polar surface area (TPSA) is 3.24 Å². The SMILES string of the molecule is CC1=C[C@@H](C)[C@@H](C)N(C)c2ccccc21. The van der Waals surface area contributed by atoms with Gasteiger partial charge in [-0.25, -0.2) is 0 Å². The van der Waals surface area contributed by atoms with Gasteiger partial charge in [0.15, 0.2) is 0 Å². The fraction of sp³-hybridized carbons (Fsp3) is 0.429. The lowest BCUT2D eigenvalue weighted by Crippen LogP contribution is -2.32. The van der Waals surface area contributed by atoms with Gasteiger partial charge in [-0.15, -0.1) is 0 Å². The summed E-state index contributed by atoms with van der Waals surface area (Å²) in [6.07, 6.45) is 2.38. The van der Waals surface area contributed by atoms with Gasteiger partial charge in [0, 0.05) is 24.3 Å². The van der Waals surface area contributed by atoms with Crippen molar-refractivity contribution >= 4 is 11.3 Å². The molecule has 0 amide bonds. The third-order valence-electron chi connectivity index (χ3n) is 3.59. The number of hydrogen-bond donors (Lipinski definition) is 0. The molecule has 0 saturated carbocycles. The second kappa shape index (κ2) is 3.73. The molecule has 0 aliphatic carbocycles. The van der Waals surface area contributed by atoms with E-state index in [2.05, 4.69) is 63.1 Å². The minimum absolute atomic E-state index is 0.559. The lowest BCUT2D eigenvalue weighted by Gasteiger charge is -2.29. The van der Waals surface area contributed by atoms with Crippen molar-refractivity contribution in [2.45, 2.75) is 26.8 Å². The molecular weight excluding hydrogens is 182 g/mol. The number of benzene rings is 1. The highest BCUT2D eigenvalue weighted by atomic mass is 15.1. The largest absolute Gasteiger partial charge is 0.371 e. The molecule has 0 unspecified atom stereocenters. The van der Waals surface area contributed by atoms with Crippen LogP contribution in [-0.2, 0) is 0 Å². The summed E-state index contributed by atoms with van der Waals surface area (Å²) in [6.45, 7) is 6.79. The van der Waals surface area contributed by atoms with Gasteiger partial charge in [0.05, 0.1) is 0 Å². The van der Waals surface area contributed by atoms with Gasteiger partial charge in [-0.3, -0.25) is 0 Å². The van der Waals surface area contributed by atoms with Gasteiger partial charge in [0.2, 0.25) is 0 Å². The second-order valence-electron chi connectivity index (χ2n) is 4.58. The molecule has 0 bridgehead atoms. The van der Waals surface area contributed by atoms with Crippen LogP contribution in [0.2, 0.25) is 0 Å². The molecule has 1 nitrogen and oxygen atoms in total. The molecule has 1 aromatic carbocycles. The maximum Gasteiger partial charge on any atom is 0.0442 e. The monoisotopic (exact) mass is 201 g/mol. The maximum absolute atomic E-state index is 2.38. The third-order valence-corrected chi connectivity index (χ3v) is 3.59. The molecule has 0 N–H and O–H groups in total. The van der Waals surface area contributed by atoms with Crippen molar-refractivity contribution in [1.29, 1.82) is 0 Å². The Morgan fingerprint density at radius 2 is 1.80 bits per heavy atom. The summed E-state index contributed by atoms with van der Waals surface area (Å²) in [7, 11) is 2.19. The van der Waals surface area contributed by atoms with Crippen LogP contribution in [0, 0.1) is 5.92 Å². The number of para-hydroxylation sites is 1. The van der Waals surface area contributed by atoms with E-state index < -0.39 is 0 Å². The molecule has 0 radical (unpaired) electrons. The number of hydrogen-bond acceptors (Lipinski definition) is 1. The van der Waals surface area contributed by atoms with Crippen LogP contribution < -0.4 is 4.90 Å². The van der Waals surface area contributed by atoms with Crippen molar-refractivity contribution in [3.8, 4) is 0 Å². The molecule has 0 aromatic heterocycles. The average molecular weight is 201 g/mol. The van der Waals surface area contributed by atoms with E-state index in [-0.39, 0.29) is 0 Å². The van der Waals surface area contributed by atoms with Crippen molar-refractivity contribution in [3.63, 3.8) is 0 Å². The predicted octanol–water partition coefficient (Wildman–Crippen LogP) is 3.56. The first-order valence-corrected chi connectivity index (χ1v) is 5.62. The van der Waals surface area contributed by atoms with E-state index in [4.69, 9.17) is 0 Å². The van der Waals surface area contributed by atoms with Crippen LogP contribution in [-0.4, -0.2) is 13.1 Å². The maximum atomic E-state index is 2.38. The highest BCUT2D eigenvalue weighted by Gasteiger charge is 2.21. The fourth-order valence-corrected chi connectivity index (χ4v) is 2.31. The zero-order valence-corrected chi connectivity index (χ0v) is 9.99. The van der Waals surface area contributed by atoms with Gasteiger partial charge < -0.3 is 4.90 Å². The van der Waals surface area contributed by atoms with E-state index >= 15 is 0 Å². The summed E-state index contributed by atoms with van der Waals surface area (Å²) < 4.78 is 0. The van der Waals surface area contributed by atoms with Crippen molar-refractivity contribution in [2.75, 3.05) is 11.9 Å². The molecule has 80 valence electrons. The van der Waals surface area contributed by atoms with Gasteiger partial charge in [-0.05, 0) is 31.4 Å². The van der Waals surface area contributed by atoms with E-state index in [1.54, 1.807) is 0 Å². The minimum Gasteiger partial charge on any atom is -0.371 e. The van der Waals surface area contributed by atoms with E-state index in [1.807, 2.05) is 0 Å². The number of anilines is 1. The summed E-state index contributed by atoms with van der Waals surface area (Å²) in [4.78, 5) is 2.38. The Bertz CT molecular complexity index is 392. The Morgan fingerprint density at radius 3 is 2.53 bits per heavy atom. The number of allylic oxidation sites excluding steroid dienone is 1. The average Bonchev–Trinajstić information content (AvgIpc) is 2.33. The van der Waals surface area contributed by atoms with Crippen molar-refractivity contribution in [1.82, 2.24) is 0 Å². The summed E-state index contributed by atoms with van der Waals surface area (Å²) in [5.74, 6) is 0.599. The molecule has 1 aliphatic heterocycles. The van der Waals surface area contributed by atoms with Crippen molar-refractivity contribution in [2.24, 2.45) is 5.92 Å². The summed E-state index contributed by atoms with van der Waals surface area (Å²) in [5, 5.41) is 0. The van der Waals surface area contributed by atoms with Crippen LogP contribution in [0.3, 0.4) is 0 Å². The number of fused-ring (bicyclic) bond motifs is 1. The number of rotatable bonds is 0. The Balaban J connectivity index is 2.58. The predicted molar refractivity (Wildman–Crippen MR) is 67.1 cm³/mol. The summed E-state index contributed by atoms with van der Waals surface area (Å²) in [6, 6.07) is 9.21. The smallest absolute Gasteiger partial charge is 0.0442 e. The fourth-order valence-electron chi connectivity index (χ4n) is 2.31. The first-order chi connectivity index (χ1) is 7.11. The van der Waals surface area contributed by atoms with Crippen LogP contribution in [0.5, 0.6) is 0 Å². The zero-order chi connectivity index (χ0) is 11.0. The summed E-state index contributed by atoms with van der Waals surface area (Å²) in [5.41, 5.74) is 4.12. The van der Waals surface area contributed by atoms with Gasteiger partial charge in [0.25, 0.3) is 0 Å². The van der Waals surface area contributed by atoms with Crippen molar-refractivity contribution < 1.29 is 0 Å². The quantitative estimate of drug-likeness (QED) is 0.620. The molecular formula is C14H19N. The van der Waals surface area contributed by atoms with Crippen LogP contribution in [0.1, 0.15) is 26.3 Å². The van der Waals surface area contributed by atoms with Crippen LogP contribution in [0.4, 0.5) is 5.69 Å². The molecule has 1 heterocycles. The van der Waals surface area contributed by atoms with Crippen LogP contribution >= 0.6 is 0 Å². The Labute approximate surface area is 92.4 Å². The Kier molecular flexibility index (Phi) is 2.56. The molecule has 1 aliphatic rings. The number of nitrogens with zero attached hydrogens (tertiary/aromatic N) is 1. The minimum atomic E-state index is 0.559. The van der Waals surface area contributed by atoms with Crippen LogP contribution in [0.25, 0.3) is 5.57 Å². The van der Waals surface area contributed by atoms with E-state index in [1.165, 1.54) is 16.8 Å². The van der Waals surface area contributed by atoms with E-state index in [9.17, 15) is 0 Å². The highest BCUT2D eigenvalue weighted by Crippen LogP contribution is 2.33. The first-order valence-electron chi connectivity index (χ1n) is 5.62. The third kappa shape index (κ3) is 1.67. The molecule has 15 heavy (non-hydrogen) atoms. The standard InChI is InChI=1S/C14H19N/c1-10-9-11(2)13-7-5-6-8-14(13)15(4)12(10)3/h5-10,12H,1-4H3/t10-,12-/m1/s1. The molecule has 0 saturated heterocycles. The Morgan fingerprint density at radius 1 is 1.13 bits per heavy atom. The van der Waals surface area contributed by atoms with Gasteiger partial charge in [-0.2, -0.15) is 0 Å². The highest BCUT2D eigenvalue weighted by molar-refractivity contribution is 5.77. The van der Waals surface area contributed by atoms with Gasteiger partial charge in [0.1, 0.15) is 0 Å². The van der Waals surface area contributed by atoms with Gasteiger partial charge in [-0.1, -0.05) is 31.2 Å². The molecule has 0 fully saturated rings. The molecule has 1 heteroatoms. The first kappa shape index (κ1) is 10.3. The van der Waals surface area contributed by atoms with E-state index in [0.29, 0.717) is 12.0 Å². The van der Waals surface area contributed by atoms with Crippen molar-refractivity contribution in [3.05, 3.63) is 35.9 Å². The molecule has 2 rings (SSSR count). The molecule has 1 aromatic rings. The lowest BCUT2D eigenvalue weighted by atomic mass is 10.0. The van der Waals surface area contributed by atoms with E-state index in [0.717, 1.165) is 0 Å². The molecule has 2 atom stereocenters. The Hall–Kier alpha value is -1.24.